The van der Waals surface area contributed by atoms with Gasteiger partial charge in [0.25, 0.3) is 0 Å². The first kappa shape index (κ1) is 11.1. The van der Waals surface area contributed by atoms with Crippen molar-refractivity contribution in [3.8, 4) is 0 Å². The zero-order chi connectivity index (χ0) is 12.7. The molecule has 3 aromatic rings. The summed E-state index contributed by atoms with van der Waals surface area (Å²) in [5.41, 5.74) is 4.06. The fourth-order valence-electron chi connectivity index (χ4n) is 2.79. The zero-order valence-electron chi connectivity index (χ0n) is 10.6. The van der Waals surface area contributed by atoms with Crippen LogP contribution in [0.5, 0.6) is 0 Å². The van der Waals surface area contributed by atoms with Crippen LogP contribution in [0.2, 0.25) is 0 Å². The monoisotopic (exact) mass is 267 g/mol. The van der Waals surface area contributed by atoms with Crippen LogP contribution in [0.4, 0.5) is 0 Å². The molecule has 0 fully saturated rings. The third-order valence-corrected chi connectivity index (χ3v) is 4.74. The molecule has 0 N–H and O–H groups in total. The minimum Gasteiger partial charge on any atom is -0.217 e. The number of rotatable bonds is 2. The highest BCUT2D eigenvalue weighted by molar-refractivity contribution is 7.99. The van der Waals surface area contributed by atoms with Gasteiger partial charge in [-0.2, -0.15) is 0 Å². The van der Waals surface area contributed by atoms with Crippen molar-refractivity contribution in [3.63, 3.8) is 0 Å². The van der Waals surface area contributed by atoms with Crippen LogP contribution < -0.4 is 4.57 Å². The maximum Gasteiger partial charge on any atom is 0.319 e. The highest BCUT2D eigenvalue weighted by atomic mass is 32.2. The van der Waals surface area contributed by atoms with Gasteiger partial charge < -0.3 is 0 Å². The number of thioether (sulfide) groups is 1. The summed E-state index contributed by atoms with van der Waals surface area (Å²) >= 11 is 1.97. The van der Waals surface area contributed by atoms with Crippen LogP contribution in [-0.4, -0.2) is 10.3 Å². The van der Waals surface area contributed by atoms with Crippen molar-refractivity contribution in [3.05, 3.63) is 60.2 Å². The predicted molar refractivity (Wildman–Crippen MR) is 78.4 cm³/mol. The van der Waals surface area contributed by atoms with Crippen LogP contribution in [-0.2, 0) is 13.1 Å². The van der Waals surface area contributed by atoms with Gasteiger partial charge in [-0.15, -0.1) is 0 Å². The van der Waals surface area contributed by atoms with Crippen LogP contribution in [0.15, 0.2) is 59.8 Å². The molecule has 0 bridgehead atoms. The van der Waals surface area contributed by atoms with Crippen molar-refractivity contribution >= 4 is 22.8 Å². The summed E-state index contributed by atoms with van der Waals surface area (Å²) < 4.78 is 4.89. The lowest BCUT2D eigenvalue weighted by atomic mass is 10.2. The Morgan fingerprint density at radius 1 is 1.00 bits per heavy atom. The van der Waals surface area contributed by atoms with E-state index in [-0.39, 0.29) is 0 Å². The van der Waals surface area contributed by atoms with E-state index in [1.54, 1.807) is 0 Å². The van der Waals surface area contributed by atoms with Crippen LogP contribution in [0.25, 0.3) is 11.0 Å². The number of hydrogen-bond donors (Lipinski definition) is 0. The lowest BCUT2D eigenvalue weighted by Crippen LogP contribution is -2.31. The van der Waals surface area contributed by atoms with E-state index in [1.165, 1.54) is 27.5 Å². The van der Waals surface area contributed by atoms with E-state index in [0.29, 0.717) is 0 Å². The summed E-state index contributed by atoms with van der Waals surface area (Å²) in [4.78, 5) is 0. The third kappa shape index (κ3) is 1.77. The Morgan fingerprint density at radius 2 is 1.79 bits per heavy atom. The Kier molecular flexibility index (Phi) is 2.59. The molecule has 0 amide bonds. The van der Waals surface area contributed by atoms with E-state index < -0.39 is 0 Å². The SMILES string of the molecule is c1ccc(Cn2c3[n+](c4ccccc42)CCS3)cc1. The fraction of sp³-hybridized carbons (Fsp3) is 0.188. The topological polar surface area (TPSA) is 8.81 Å². The Bertz CT molecular complexity index is 731. The molecular formula is C16H15N2S+. The van der Waals surface area contributed by atoms with Crippen molar-refractivity contribution in [2.75, 3.05) is 5.75 Å². The molecule has 4 rings (SSSR count). The maximum absolute atomic E-state index is 2.45. The van der Waals surface area contributed by atoms with Crippen molar-refractivity contribution in [2.24, 2.45) is 0 Å². The molecular weight excluding hydrogens is 252 g/mol. The van der Waals surface area contributed by atoms with Crippen molar-refractivity contribution in [1.29, 1.82) is 0 Å². The van der Waals surface area contributed by atoms with Gasteiger partial charge in [0.2, 0.25) is 0 Å². The van der Waals surface area contributed by atoms with Crippen LogP contribution in [0.3, 0.4) is 0 Å². The Morgan fingerprint density at radius 3 is 2.68 bits per heavy atom. The van der Waals surface area contributed by atoms with Crippen LogP contribution >= 0.6 is 11.8 Å². The van der Waals surface area contributed by atoms with Gasteiger partial charge in [-0.3, -0.25) is 0 Å². The molecule has 2 heterocycles. The zero-order valence-corrected chi connectivity index (χ0v) is 11.4. The summed E-state index contributed by atoms with van der Waals surface area (Å²) in [7, 11) is 0. The van der Waals surface area contributed by atoms with E-state index >= 15 is 0 Å². The van der Waals surface area contributed by atoms with Crippen molar-refractivity contribution in [1.82, 2.24) is 4.57 Å². The van der Waals surface area contributed by atoms with Gasteiger partial charge in [0.1, 0.15) is 13.1 Å². The van der Waals surface area contributed by atoms with Gasteiger partial charge >= 0.3 is 5.16 Å². The average molecular weight is 267 g/mol. The lowest BCUT2D eigenvalue weighted by molar-refractivity contribution is -0.700. The number of benzene rings is 2. The normalized spacial score (nSPS) is 13.9. The molecule has 2 nitrogen and oxygen atoms in total. The maximum atomic E-state index is 2.45. The molecule has 0 saturated heterocycles. The number of aromatic nitrogens is 2. The number of hydrogen-bond acceptors (Lipinski definition) is 1. The largest absolute Gasteiger partial charge is 0.319 e. The molecule has 0 unspecified atom stereocenters. The summed E-state index contributed by atoms with van der Waals surface area (Å²) in [5.74, 6) is 1.19. The molecule has 3 heteroatoms. The van der Waals surface area contributed by atoms with E-state index in [9.17, 15) is 0 Å². The van der Waals surface area contributed by atoms with E-state index in [1.807, 2.05) is 11.8 Å². The lowest BCUT2D eigenvalue weighted by Gasteiger charge is -2.00. The molecule has 0 atom stereocenters. The van der Waals surface area contributed by atoms with Gasteiger partial charge in [0.05, 0.1) is 0 Å². The molecule has 1 aliphatic heterocycles. The molecule has 0 spiro atoms. The van der Waals surface area contributed by atoms with Gasteiger partial charge in [0.15, 0.2) is 11.0 Å². The summed E-state index contributed by atoms with van der Waals surface area (Å²) in [5, 5.41) is 1.39. The first-order chi connectivity index (χ1) is 9.43. The fourth-order valence-corrected chi connectivity index (χ4v) is 3.91. The second-order valence-electron chi connectivity index (χ2n) is 4.84. The van der Waals surface area contributed by atoms with E-state index in [0.717, 1.165) is 13.1 Å². The van der Waals surface area contributed by atoms with Crippen LogP contribution in [0, 0.1) is 0 Å². The Balaban J connectivity index is 1.90. The van der Waals surface area contributed by atoms with Gasteiger partial charge in [0, 0.05) is 5.75 Å². The number of para-hydroxylation sites is 2. The van der Waals surface area contributed by atoms with E-state index in [2.05, 4.69) is 63.7 Å². The third-order valence-electron chi connectivity index (χ3n) is 3.65. The molecule has 0 radical (unpaired) electrons. The molecule has 19 heavy (non-hydrogen) atoms. The minimum atomic E-state index is 0.955. The second kappa shape index (κ2) is 4.42. The van der Waals surface area contributed by atoms with Gasteiger partial charge in [-0.25, -0.2) is 9.13 Å². The highest BCUT2D eigenvalue weighted by Crippen LogP contribution is 2.27. The number of imidazole rings is 1. The van der Waals surface area contributed by atoms with Crippen molar-refractivity contribution in [2.45, 2.75) is 18.2 Å². The first-order valence-corrected chi connectivity index (χ1v) is 7.60. The molecule has 2 aromatic carbocycles. The molecule has 0 saturated carbocycles. The molecule has 1 aliphatic rings. The van der Waals surface area contributed by atoms with E-state index in [4.69, 9.17) is 0 Å². The average Bonchev–Trinajstić information content (AvgIpc) is 3.04. The van der Waals surface area contributed by atoms with Crippen LogP contribution in [0.1, 0.15) is 5.56 Å². The number of nitrogens with zero attached hydrogens (tertiary/aromatic N) is 2. The van der Waals surface area contributed by atoms with Gasteiger partial charge in [-0.05, 0) is 29.5 Å². The first-order valence-electron chi connectivity index (χ1n) is 6.61. The van der Waals surface area contributed by atoms with Crippen molar-refractivity contribution < 1.29 is 4.57 Å². The molecule has 94 valence electrons. The minimum absolute atomic E-state index is 0.955. The van der Waals surface area contributed by atoms with Gasteiger partial charge in [-0.1, -0.05) is 42.5 Å². The Hall–Kier alpha value is -1.74. The number of aryl methyl sites for hydroxylation is 1. The standard InChI is InChI=1S/C16H15N2S/c1-2-6-13(7-3-1)12-18-15-9-5-4-8-14(15)17-10-11-19-16(17)18/h1-9H,10-12H2/q+1. The molecule has 1 aromatic heterocycles. The smallest absolute Gasteiger partial charge is 0.217 e. The highest BCUT2D eigenvalue weighted by Gasteiger charge is 2.29. The quantitative estimate of drug-likeness (QED) is 0.648. The summed E-state index contributed by atoms with van der Waals surface area (Å²) in [6.45, 7) is 2.08. The number of fused-ring (bicyclic) bond motifs is 3. The second-order valence-corrected chi connectivity index (χ2v) is 5.91. The Labute approximate surface area is 116 Å². The predicted octanol–water partition coefficient (Wildman–Crippen LogP) is 3.08. The summed E-state index contributed by atoms with van der Waals surface area (Å²) in [6, 6.07) is 19.4. The molecule has 0 aliphatic carbocycles. The summed E-state index contributed by atoms with van der Waals surface area (Å²) in [6.07, 6.45) is 0.